The van der Waals surface area contributed by atoms with Crippen LogP contribution in [0.5, 0.6) is 0 Å². The van der Waals surface area contributed by atoms with E-state index in [1.54, 1.807) is 0 Å². The maximum atomic E-state index is 12.8. The van der Waals surface area contributed by atoms with Crippen molar-refractivity contribution in [3.05, 3.63) is 48.0 Å². The number of carbonyl (C=O) groups excluding carboxylic acids is 1. The van der Waals surface area contributed by atoms with E-state index in [2.05, 4.69) is 25.6 Å². The zero-order valence-corrected chi connectivity index (χ0v) is 17.0. The van der Waals surface area contributed by atoms with Crippen LogP contribution in [0.3, 0.4) is 0 Å². The Hall–Kier alpha value is -1.65. The molecular weight excluding hydrogens is 350 g/mol. The molecule has 28 heavy (non-hydrogen) atoms. The summed E-state index contributed by atoms with van der Waals surface area (Å²) in [5.41, 5.74) is 2.87. The van der Waals surface area contributed by atoms with Gasteiger partial charge in [-0.15, -0.1) is 0 Å². The van der Waals surface area contributed by atoms with Crippen molar-refractivity contribution in [3.63, 3.8) is 0 Å². The molecule has 1 heterocycles. The molecule has 4 nitrogen and oxygen atoms in total. The first-order valence-corrected chi connectivity index (χ1v) is 10.9. The quantitative estimate of drug-likeness (QED) is 0.585. The Morgan fingerprint density at radius 3 is 2.86 bits per heavy atom. The third kappa shape index (κ3) is 3.77. The highest BCUT2D eigenvalue weighted by atomic mass is 16.6. The molecule has 2 N–H and O–H groups in total. The molecule has 0 spiro atoms. The first-order valence-electron chi connectivity index (χ1n) is 10.9. The SMILES string of the molecule is C=C1CCC[C@]2(C)C[C@H]3OC(=O)[C@H](C[NH+](CCO)Cc4ccccc4)[C@H]3C[C@@H]12. The number of aliphatic hydroxyl groups is 1. The van der Waals surface area contributed by atoms with E-state index in [9.17, 15) is 9.90 Å². The maximum absolute atomic E-state index is 12.8. The van der Waals surface area contributed by atoms with E-state index in [1.807, 2.05) is 18.2 Å². The molecular formula is C24H34NO3+. The van der Waals surface area contributed by atoms with Crippen LogP contribution in [0.15, 0.2) is 42.5 Å². The molecule has 2 aliphatic carbocycles. The largest absolute Gasteiger partial charge is 0.462 e. The van der Waals surface area contributed by atoms with Crippen LogP contribution in [0.4, 0.5) is 0 Å². The normalized spacial score (nSPS) is 35.8. The number of fused-ring (bicyclic) bond motifs is 2. The first-order chi connectivity index (χ1) is 13.5. The monoisotopic (exact) mass is 384 g/mol. The van der Waals surface area contributed by atoms with Crippen LogP contribution in [0.1, 0.15) is 44.6 Å². The number of carbonyl (C=O) groups is 1. The van der Waals surface area contributed by atoms with Gasteiger partial charge in [0.1, 0.15) is 25.1 Å². The highest BCUT2D eigenvalue weighted by Crippen LogP contribution is 2.56. The summed E-state index contributed by atoms with van der Waals surface area (Å²) in [5.74, 6) is 0.737. The summed E-state index contributed by atoms with van der Waals surface area (Å²) >= 11 is 0. The van der Waals surface area contributed by atoms with Gasteiger partial charge in [0.15, 0.2) is 0 Å². The summed E-state index contributed by atoms with van der Waals surface area (Å²) in [5, 5.41) is 9.56. The van der Waals surface area contributed by atoms with E-state index in [0.717, 1.165) is 32.4 Å². The molecule has 0 radical (unpaired) electrons. The Balaban J connectivity index is 1.49. The summed E-state index contributed by atoms with van der Waals surface area (Å²) in [6.45, 7) is 9.12. The summed E-state index contributed by atoms with van der Waals surface area (Å²) in [6.07, 6.45) is 5.65. The van der Waals surface area contributed by atoms with Gasteiger partial charge in [-0.3, -0.25) is 4.79 Å². The molecule has 152 valence electrons. The van der Waals surface area contributed by atoms with Gasteiger partial charge >= 0.3 is 5.97 Å². The zero-order valence-electron chi connectivity index (χ0n) is 17.0. The van der Waals surface area contributed by atoms with Gasteiger partial charge in [-0.05, 0) is 43.4 Å². The molecule has 0 aromatic heterocycles. The van der Waals surface area contributed by atoms with Gasteiger partial charge in [-0.2, -0.15) is 0 Å². The Kier molecular flexibility index (Phi) is 5.62. The summed E-state index contributed by atoms with van der Waals surface area (Å²) in [7, 11) is 0. The van der Waals surface area contributed by atoms with Gasteiger partial charge in [-0.25, -0.2) is 0 Å². The summed E-state index contributed by atoms with van der Waals surface area (Å²) in [6, 6.07) is 10.3. The molecule has 0 amide bonds. The number of hydrogen-bond acceptors (Lipinski definition) is 3. The van der Waals surface area contributed by atoms with Crippen molar-refractivity contribution < 1.29 is 19.5 Å². The minimum Gasteiger partial charge on any atom is -0.462 e. The number of allylic oxidation sites excluding steroid dienone is 1. The summed E-state index contributed by atoms with van der Waals surface area (Å²) < 4.78 is 5.91. The molecule has 4 rings (SSSR count). The number of ether oxygens (including phenoxy) is 1. The molecule has 2 saturated carbocycles. The smallest absolute Gasteiger partial charge is 0.315 e. The topological polar surface area (TPSA) is 51.0 Å². The van der Waals surface area contributed by atoms with E-state index >= 15 is 0 Å². The number of aliphatic hydroxyl groups excluding tert-OH is 1. The van der Waals surface area contributed by atoms with Crippen LogP contribution in [0.2, 0.25) is 0 Å². The Morgan fingerprint density at radius 1 is 1.32 bits per heavy atom. The van der Waals surface area contributed by atoms with E-state index in [1.165, 1.54) is 28.9 Å². The van der Waals surface area contributed by atoms with Crippen molar-refractivity contribution in [1.82, 2.24) is 0 Å². The van der Waals surface area contributed by atoms with Crippen molar-refractivity contribution in [2.75, 3.05) is 19.7 Å². The number of rotatable bonds is 6. The first kappa shape index (κ1) is 19.7. The fraction of sp³-hybridized carbons (Fsp3) is 0.625. The minimum atomic E-state index is -0.0606. The molecule has 0 bridgehead atoms. The third-order valence-electron chi connectivity index (χ3n) is 7.59. The van der Waals surface area contributed by atoms with Crippen LogP contribution in [0.25, 0.3) is 0 Å². The van der Waals surface area contributed by atoms with Gasteiger partial charge in [0.25, 0.3) is 0 Å². The summed E-state index contributed by atoms with van der Waals surface area (Å²) in [4.78, 5) is 14.1. The maximum Gasteiger partial charge on any atom is 0.315 e. The Morgan fingerprint density at radius 2 is 2.11 bits per heavy atom. The molecule has 4 heteroatoms. The molecule has 1 saturated heterocycles. The number of esters is 1. The van der Waals surface area contributed by atoms with Crippen molar-refractivity contribution >= 4 is 5.97 Å². The number of hydrogen-bond donors (Lipinski definition) is 2. The van der Waals surface area contributed by atoms with Crippen molar-refractivity contribution in [1.29, 1.82) is 0 Å². The lowest BCUT2D eigenvalue weighted by Crippen LogP contribution is -3.12. The van der Waals surface area contributed by atoms with E-state index in [-0.39, 0.29) is 30.0 Å². The molecule has 1 aromatic rings. The van der Waals surface area contributed by atoms with E-state index in [4.69, 9.17) is 4.74 Å². The second kappa shape index (κ2) is 8.00. The average Bonchev–Trinajstić information content (AvgIpc) is 2.95. The van der Waals surface area contributed by atoms with E-state index in [0.29, 0.717) is 18.4 Å². The van der Waals surface area contributed by atoms with Crippen LogP contribution in [0, 0.1) is 23.2 Å². The van der Waals surface area contributed by atoms with Crippen LogP contribution in [-0.4, -0.2) is 36.9 Å². The number of benzene rings is 1. The fourth-order valence-electron chi connectivity index (χ4n) is 6.11. The number of nitrogens with one attached hydrogen (secondary N) is 1. The average molecular weight is 385 g/mol. The minimum absolute atomic E-state index is 0.0219. The predicted molar refractivity (Wildman–Crippen MR) is 109 cm³/mol. The number of quaternary nitrogens is 1. The zero-order chi connectivity index (χ0) is 19.7. The van der Waals surface area contributed by atoms with Gasteiger partial charge in [0.2, 0.25) is 0 Å². The second-order valence-corrected chi connectivity index (χ2v) is 9.49. The fourth-order valence-corrected chi connectivity index (χ4v) is 6.11. The van der Waals surface area contributed by atoms with E-state index < -0.39 is 0 Å². The highest BCUT2D eigenvalue weighted by molar-refractivity contribution is 5.75. The molecule has 6 atom stereocenters. The lowest BCUT2D eigenvalue weighted by molar-refractivity contribution is -0.916. The molecule has 1 aromatic carbocycles. The van der Waals surface area contributed by atoms with Gasteiger partial charge in [0, 0.05) is 11.5 Å². The standard InChI is InChI=1S/C24H33NO3/c1-17-7-6-10-24(2)14-22-19(13-21(17)24)20(23(27)28-22)16-25(11-12-26)15-18-8-4-3-5-9-18/h3-5,8-9,19-22,26H,1,6-7,10-16H2,2H3/p+1/t19-,20-,21+,22-,24-/m1/s1. The second-order valence-electron chi connectivity index (χ2n) is 9.49. The van der Waals surface area contributed by atoms with Crippen molar-refractivity contribution in [3.8, 4) is 0 Å². The lowest BCUT2D eigenvalue weighted by Gasteiger charge is -2.50. The van der Waals surface area contributed by atoms with Gasteiger partial charge in [0.05, 0.1) is 13.2 Å². The molecule has 3 fully saturated rings. The molecule has 3 aliphatic rings. The van der Waals surface area contributed by atoms with Crippen molar-refractivity contribution in [2.45, 2.75) is 51.7 Å². The van der Waals surface area contributed by atoms with Gasteiger partial charge < -0.3 is 14.7 Å². The van der Waals surface area contributed by atoms with Crippen LogP contribution in [-0.2, 0) is 16.1 Å². The predicted octanol–water partition coefficient (Wildman–Crippen LogP) is 2.38. The van der Waals surface area contributed by atoms with Gasteiger partial charge in [-0.1, -0.05) is 49.4 Å². The van der Waals surface area contributed by atoms with Crippen LogP contribution < -0.4 is 4.90 Å². The highest BCUT2D eigenvalue weighted by Gasteiger charge is 2.55. The van der Waals surface area contributed by atoms with Crippen LogP contribution >= 0.6 is 0 Å². The Bertz CT molecular complexity index is 718. The third-order valence-corrected chi connectivity index (χ3v) is 7.59. The Labute approximate surface area is 168 Å². The lowest BCUT2D eigenvalue weighted by atomic mass is 9.55. The van der Waals surface area contributed by atoms with Crippen molar-refractivity contribution in [2.24, 2.45) is 23.2 Å². The molecule has 1 aliphatic heterocycles. The molecule has 1 unspecified atom stereocenters.